The van der Waals surface area contributed by atoms with E-state index in [9.17, 15) is 4.79 Å². The Morgan fingerprint density at radius 2 is 1.74 bits per heavy atom. The Bertz CT molecular complexity index is 1160. The Balaban J connectivity index is 1.42. The standard InChI is InChI=1S/C29H31NO5/c1-32-26-17-22-14-15-30(28(20-7-4-3-5-8-20)25(22)18-27(26)33-2)29(31)21-10-12-23(13-11-21)35-19-24-9-6-16-34-24/h3-5,7-8,10-13,17-18,24,28H,6,9,14-16,19H2,1-2H3. The third-order valence-corrected chi connectivity index (χ3v) is 6.81. The van der Waals surface area contributed by atoms with E-state index in [1.165, 1.54) is 5.56 Å². The number of methoxy groups -OCH3 is 2. The third-order valence-electron chi connectivity index (χ3n) is 6.81. The molecule has 0 saturated carbocycles. The highest BCUT2D eigenvalue weighted by Gasteiger charge is 2.33. The van der Waals surface area contributed by atoms with Crippen LogP contribution in [-0.4, -0.2) is 50.9 Å². The molecular formula is C29H31NO5. The van der Waals surface area contributed by atoms with Crippen molar-refractivity contribution in [1.82, 2.24) is 4.90 Å². The first-order valence-corrected chi connectivity index (χ1v) is 12.1. The molecule has 0 aliphatic carbocycles. The van der Waals surface area contributed by atoms with Gasteiger partial charge in [-0.15, -0.1) is 0 Å². The number of carbonyl (C=O) groups excluding carboxylic acids is 1. The minimum Gasteiger partial charge on any atom is -0.493 e. The number of ether oxygens (including phenoxy) is 4. The number of nitrogens with zero attached hydrogens (tertiary/aromatic N) is 1. The lowest BCUT2D eigenvalue weighted by atomic mass is 9.87. The summed E-state index contributed by atoms with van der Waals surface area (Å²) in [6.45, 7) is 1.96. The Morgan fingerprint density at radius 3 is 2.43 bits per heavy atom. The van der Waals surface area contributed by atoms with E-state index in [1.807, 2.05) is 59.5 Å². The number of hydrogen-bond donors (Lipinski definition) is 0. The van der Waals surface area contributed by atoms with Crippen molar-refractivity contribution in [2.45, 2.75) is 31.4 Å². The molecule has 0 radical (unpaired) electrons. The molecule has 0 bridgehead atoms. The van der Waals surface area contributed by atoms with Gasteiger partial charge in [0, 0.05) is 18.7 Å². The Hall–Kier alpha value is -3.51. The van der Waals surface area contributed by atoms with Crippen molar-refractivity contribution in [3.63, 3.8) is 0 Å². The zero-order valence-electron chi connectivity index (χ0n) is 20.2. The average Bonchev–Trinajstić information content (AvgIpc) is 3.44. The van der Waals surface area contributed by atoms with Crippen molar-refractivity contribution in [1.29, 1.82) is 0 Å². The van der Waals surface area contributed by atoms with Gasteiger partial charge in [-0.25, -0.2) is 0 Å². The lowest BCUT2D eigenvalue weighted by Gasteiger charge is -2.38. The number of benzene rings is 3. The van der Waals surface area contributed by atoms with Crippen LogP contribution in [0.1, 0.15) is 45.9 Å². The predicted octanol–water partition coefficient (Wildman–Crippen LogP) is 5.05. The van der Waals surface area contributed by atoms with Crippen LogP contribution in [0.15, 0.2) is 66.7 Å². The van der Waals surface area contributed by atoms with E-state index < -0.39 is 0 Å². The maximum absolute atomic E-state index is 13.8. The van der Waals surface area contributed by atoms with Gasteiger partial charge in [-0.3, -0.25) is 4.79 Å². The second-order valence-corrected chi connectivity index (χ2v) is 8.94. The van der Waals surface area contributed by atoms with Crippen LogP contribution in [0, 0.1) is 0 Å². The summed E-state index contributed by atoms with van der Waals surface area (Å²) < 4.78 is 22.6. The quantitative estimate of drug-likeness (QED) is 0.481. The van der Waals surface area contributed by atoms with E-state index in [4.69, 9.17) is 18.9 Å². The Kier molecular flexibility index (Phi) is 6.91. The normalized spacial score (nSPS) is 19.2. The van der Waals surface area contributed by atoms with Gasteiger partial charge in [0.05, 0.1) is 26.4 Å². The lowest BCUT2D eigenvalue weighted by Crippen LogP contribution is -2.40. The summed E-state index contributed by atoms with van der Waals surface area (Å²) in [6.07, 6.45) is 3.02. The highest BCUT2D eigenvalue weighted by Crippen LogP contribution is 2.41. The van der Waals surface area contributed by atoms with Crippen LogP contribution in [0.4, 0.5) is 0 Å². The molecule has 0 spiro atoms. The van der Waals surface area contributed by atoms with Gasteiger partial charge in [-0.1, -0.05) is 30.3 Å². The smallest absolute Gasteiger partial charge is 0.254 e. The highest BCUT2D eigenvalue weighted by atomic mass is 16.5. The number of amides is 1. The summed E-state index contributed by atoms with van der Waals surface area (Å²) in [5, 5.41) is 0. The highest BCUT2D eigenvalue weighted by molar-refractivity contribution is 5.95. The molecule has 5 rings (SSSR count). The molecule has 1 saturated heterocycles. The van der Waals surface area contributed by atoms with Gasteiger partial charge in [0.15, 0.2) is 11.5 Å². The summed E-state index contributed by atoms with van der Waals surface area (Å²) in [7, 11) is 3.28. The van der Waals surface area contributed by atoms with Crippen molar-refractivity contribution in [2.24, 2.45) is 0 Å². The number of fused-ring (bicyclic) bond motifs is 1. The molecule has 2 unspecified atom stereocenters. The molecule has 182 valence electrons. The summed E-state index contributed by atoms with van der Waals surface area (Å²) in [4.78, 5) is 15.7. The first-order chi connectivity index (χ1) is 17.2. The van der Waals surface area contributed by atoms with Crippen molar-refractivity contribution in [3.05, 3.63) is 89.0 Å². The molecule has 2 aliphatic heterocycles. The molecule has 2 atom stereocenters. The van der Waals surface area contributed by atoms with E-state index in [1.54, 1.807) is 14.2 Å². The fourth-order valence-electron chi connectivity index (χ4n) is 4.98. The minimum atomic E-state index is -0.220. The first kappa shape index (κ1) is 23.2. The molecule has 3 aromatic carbocycles. The first-order valence-electron chi connectivity index (χ1n) is 12.1. The van der Waals surface area contributed by atoms with Gasteiger partial charge >= 0.3 is 0 Å². The van der Waals surface area contributed by atoms with Crippen LogP contribution in [0.25, 0.3) is 0 Å². The Morgan fingerprint density at radius 1 is 1.00 bits per heavy atom. The summed E-state index contributed by atoms with van der Waals surface area (Å²) in [5.41, 5.74) is 3.92. The van der Waals surface area contributed by atoms with E-state index in [-0.39, 0.29) is 18.1 Å². The van der Waals surface area contributed by atoms with Crippen LogP contribution in [0.2, 0.25) is 0 Å². The largest absolute Gasteiger partial charge is 0.493 e. The molecule has 0 N–H and O–H groups in total. The monoisotopic (exact) mass is 473 g/mol. The van der Waals surface area contributed by atoms with Crippen LogP contribution in [-0.2, 0) is 11.2 Å². The van der Waals surface area contributed by atoms with Gasteiger partial charge in [-0.2, -0.15) is 0 Å². The van der Waals surface area contributed by atoms with Crippen LogP contribution in [0.3, 0.4) is 0 Å². The lowest BCUT2D eigenvalue weighted by molar-refractivity contribution is 0.0675. The van der Waals surface area contributed by atoms with Crippen molar-refractivity contribution >= 4 is 5.91 Å². The second-order valence-electron chi connectivity index (χ2n) is 8.94. The minimum absolute atomic E-state index is 0.00929. The fraction of sp³-hybridized carbons (Fsp3) is 0.345. The molecule has 0 aromatic heterocycles. The number of rotatable bonds is 7. The summed E-state index contributed by atoms with van der Waals surface area (Å²) in [5.74, 6) is 2.10. The van der Waals surface area contributed by atoms with Gasteiger partial charge < -0.3 is 23.8 Å². The maximum Gasteiger partial charge on any atom is 0.254 e. The molecule has 1 fully saturated rings. The molecule has 1 amide bonds. The fourth-order valence-corrected chi connectivity index (χ4v) is 4.98. The van der Waals surface area contributed by atoms with Gasteiger partial charge in [0.25, 0.3) is 5.91 Å². The Labute approximate surface area is 206 Å². The second kappa shape index (κ2) is 10.4. The summed E-state index contributed by atoms with van der Waals surface area (Å²) >= 11 is 0. The van der Waals surface area contributed by atoms with Crippen molar-refractivity contribution < 1.29 is 23.7 Å². The number of carbonyl (C=O) groups is 1. The van der Waals surface area contributed by atoms with Crippen molar-refractivity contribution in [2.75, 3.05) is 34.0 Å². The van der Waals surface area contributed by atoms with Crippen LogP contribution < -0.4 is 14.2 Å². The van der Waals surface area contributed by atoms with Gasteiger partial charge in [-0.05, 0) is 72.4 Å². The molecule has 2 heterocycles. The molecule has 2 aliphatic rings. The third kappa shape index (κ3) is 4.84. The van der Waals surface area contributed by atoms with E-state index in [0.29, 0.717) is 30.2 Å². The average molecular weight is 474 g/mol. The number of hydrogen-bond acceptors (Lipinski definition) is 5. The molecule has 3 aromatic rings. The van der Waals surface area contributed by atoms with E-state index >= 15 is 0 Å². The maximum atomic E-state index is 13.8. The SMILES string of the molecule is COc1cc2c(cc1OC)C(c1ccccc1)N(C(=O)c1ccc(OCC3CCCO3)cc1)CC2. The predicted molar refractivity (Wildman–Crippen MR) is 133 cm³/mol. The topological polar surface area (TPSA) is 57.2 Å². The van der Waals surface area contributed by atoms with E-state index in [0.717, 1.165) is 42.7 Å². The zero-order chi connectivity index (χ0) is 24.2. The molecule has 6 nitrogen and oxygen atoms in total. The molecule has 35 heavy (non-hydrogen) atoms. The molecule has 6 heteroatoms. The van der Waals surface area contributed by atoms with Crippen molar-refractivity contribution in [3.8, 4) is 17.2 Å². The van der Waals surface area contributed by atoms with Gasteiger partial charge in [0.1, 0.15) is 12.4 Å². The van der Waals surface area contributed by atoms with E-state index in [2.05, 4.69) is 12.1 Å². The van der Waals surface area contributed by atoms with Crippen LogP contribution in [0.5, 0.6) is 17.2 Å². The zero-order valence-corrected chi connectivity index (χ0v) is 20.2. The molecular weight excluding hydrogens is 442 g/mol. The summed E-state index contributed by atoms with van der Waals surface area (Å²) in [6, 6.07) is 21.4. The van der Waals surface area contributed by atoms with Crippen LogP contribution >= 0.6 is 0 Å². The van der Waals surface area contributed by atoms with Gasteiger partial charge in [0.2, 0.25) is 0 Å².